The molecule has 0 saturated heterocycles. The zero-order valence-electron chi connectivity index (χ0n) is 14.9. The third-order valence-electron chi connectivity index (χ3n) is 3.55. The quantitative estimate of drug-likeness (QED) is 0.582. The van der Waals surface area contributed by atoms with Crippen LogP contribution < -0.4 is 15.4 Å². The smallest absolute Gasteiger partial charge is 0.272 e. The molecule has 0 atom stereocenters. The number of anilines is 1. The minimum Gasteiger partial charge on any atom is -0.456 e. The number of aromatic nitrogens is 3. The van der Waals surface area contributed by atoms with E-state index in [-0.39, 0.29) is 23.6 Å². The molecule has 0 aliphatic heterocycles. The highest BCUT2D eigenvalue weighted by molar-refractivity contribution is 6.04. The molecule has 2 aromatic heterocycles. The minimum atomic E-state index is -0.311. The molecule has 0 aliphatic rings. The summed E-state index contributed by atoms with van der Waals surface area (Å²) in [7, 11) is 0. The van der Waals surface area contributed by atoms with E-state index in [0.717, 1.165) is 0 Å². The average molecular weight is 365 g/mol. The number of H-pyrrole nitrogens is 1. The van der Waals surface area contributed by atoms with Crippen molar-refractivity contribution in [3.63, 3.8) is 0 Å². The van der Waals surface area contributed by atoms with Crippen LogP contribution in [0.2, 0.25) is 0 Å². The van der Waals surface area contributed by atoms with Gasteiger partial charge in [0.05, 0.1) is 11.6 Å². The van der Waals surface area contributed by atoms with Gasteiger partial charge in [0.1, 0.15) is 11.5 Å². The van der Waals surface area contributed by atoms with Gasteiger partial charge in [-0.25, -0.2) is 4.98 Å². The first-order valence-corrected chi connectivity index (χ1v) is 8.32. The molecule has 0 saturated carbocycles. The Bertz CT molecular complexity index is 1010. The van der Waals surface area contributed by atoms with Crippen LogP contribution in [0.4, 0.5) is 5.69 Å². The molecule has 0 unspecified atom stereocenters. The van der Waals surface area contributed by atoms with Gasteiger partial charge in [0.15, 0.2) is 11.3 Å². The van der Waals surface area contributed by atoms with E-state index >= 15 is 0 Å². The molecule has 2 amide bonds. The lowest BCUT2D eigenvalue weighted by atomic mass is 10.2. The molecule has 8 nitrogen and oxygen atoms in total. The summed E-state index contributed by atoms with van der Waals surface area (Å²) in [4.78, 5) is 27.9. The van der Waals surface area contributed by atoms with E-state index in [4.69, 9.17) is 4.74 Å². The van der Waals surface area contributed by atoms with Gasteiger partial charge in [-0.15, -0.1) is 0 Å². The number of carbonyl (C=O) groups excluding carboxylic acids is 2. The van der Waals surface area contributed by atoms with Crippen molar-refractivity contribution in [3.8, 4) is 11.5 Å². The third kappa shape index (κ3) is 4.30. The number of aromatic amines is 1. The summed E-state index contributed by atoms with van der Waals surface area (Å²) in [6, 6.07) is 8.59. The van der Waals surface area contributed by atoms with Crippen molar-refractivity contribution < 1.29 is 14.3 Å². The maximum Gasteiger partial charge on any atom is 0.272 e. The Balaban J connectivity index is 1.85. The number of carbonyl (C=O) groups is 2. The molecule has 0 aliphatic carbocycles. The lowest BCUT2D eigenvalue weighted by Gasteiger charge is -2.08. The standard InChI is InChI=1S/C19H19N5O3/c1-4-16(25)22-12-6-5-7-13(8-12)27-14-9-15-17(19(26)21-11(2)3)23-24-18(15)20-10-14/h4-11H,1H2,2-3H3,(H,21,26)(H,22,25)(H,20,23,24). The summed E-state index contributed by atoms with van der Waals surface area (Å²) in [5.74, 6) is 0.350. The molecule has 0 radical (unpaired) electrons. The normalized spacial score (nSPS) is 10.6. The fraction of sp³-hybridized carbons (Fsp3) is 0.158. The molecule has 3 rings (SSSR count). The molecule has 8 heteroatoms. The molecule has 27 heavy (non-hydrogen) atoms. The predicted molar refractivity (Wildman–Crippen MR) is 102 cm³/mol. The van der Waals surface area contributed by atoms with E-state index in [0.29, 0.717) is 28.2 Å². The first-order valence-electron chi connectivity index (χ1n) is 8.32. The zero-order chi connectivity index (χ0) is 19.4. The summed E-state index contributed by atoms with van der Waals surface area (Å²) in [5, 5.41) is 12.8. The predicted octanol–water partition coefficient (Wildman–Crippen LogP) is 3.01. The van der Waals surface area contributed by atoms with Gasteiger partial charge in [0.25, 0.3) is 5.91 Å². The summed E-state index contributed by atoms with van der Waals surface area (Å²) >= 11 is 0. The molecule has 0 fully saturated rings. The topological polar surface area (TPSA) is 109 Å². The summed E-state index contributed by atoms with van der Waals surface area (Å²) in [5.41, 5.74) is 1.32. The zero-order valence-corrected chi connectivity index (χ0v) is 14.9. The minimum absolute atomic E-state index is 0.00911. The van der Waals surface area contributed by atoms with Crippen molar-refractivity contribution in [1.29, 1.82) is 0 Å². The van der Waals surface area contributed by atoms with Crippen molar-refractivity contribution in [1.82, 2.24) is 20.5 Å². The SMILES string of the molecule is C=CC(=O)Nc1cccc(Oc2cnc3[nH]nc(C(=O)NC(C)C)c3c2)c1. The van der Waals surface area contributed by atoms with Crippen LogP contribution in [0.25, 0.3) is 11.0 Å². The Kier molecular flexibility index (Phi) is 5.16. The van der Waals surface area contributed by atoms with E-state index < -0.39 is 0 Å². The van der Waals surface area contributed by atoms with Crippen LogP contribution in [0.3, 0.4) is 0 Å². The molecule has 3 N–H and O–H groups in total. The molecular formula is C19H19N5O3. The van der Waals surface area contributed by atoms with E-state index in [1.165, 1.54) is 12.3 Å². The number of hydrogen-bond acceptors (Lipinski definition) is 5. The number of rotatable bonds is 6. The van der Waals surface area contributed by atoms with E-state index in [1.807, 2.05) is 13.8 Å². The number of benzene rings is 1. The maximum absolute atomic E-state index is 12.3. The van der Waals surface area contributed by atoms with Gasteiger partial charge in [-0.2, -0.15) is 5.10 Å². The third-order valence-corrected chi connectivity index (χ3v) is 3.55. The number of ether oxygens (including phenoxy) is 1. The van der Waals surface area contributed by atoms with Crippen LogP contribution in [0, 0.1) is 0 Å². The second-order valence-electron chi connectivity index (χ2n) is 6.09. The average Bonchev–Trinajstić information content (AvgIpc) is 3.04. The van der Waals surface area contributed by atoms with Crippen LogP contribution in [0.1, 0.15) is 24.3 Å². The lowest BCUT2D eigenvalue weighted by molar-refractivity contribution is -0.111. The lowest BCUT2D eigenvalue weighted by Crippen LogP contribution is -2.30. The van der Waals surface area contributed by atoms with E-state index in [2.05, 4.69) is 32.4 Å². The van der Waals surface area contributed by atoms with E-state index in [9.17, 15) is 9.59 Å². The molecule has 0 bridgehead atoms. The number of fused-ring (bicyclic) bond motifs is 1. The first-order chi connectivity index (χ1) is 13.0. The highest BCUT2D eigenvalue weighted by Crippen LogP contribution is 2.26. The fourth-order valence-corrected chi connectivity index (χ4v) is 2.41. The largest absolute Gasteiger partial charge is 0.456 e. The summed E-state index contributed by atoms with van der Waals surface area (Å²) in [6.07, 6.45) is 2.72. The van der Waals surface area contributed by atoms with Gasteiger partial charge < -0.3 is 15.4 Å². The Morgan fingerprint density at radius 1 is 1.26 bits per heavy atom. The number of amides is 2. The monoisotopic (exact) mass is 365 g/mol. The van der Waals surface area contributed by atoms with Crippen LogP contribution in [-0.4, -0.2) is 33.0 Å². The Morgan fingerprint density at radius 3 is 2.81 bits per heavy atom. The molecular weight excluding hydrogens is 346 g/mol. The van der Waals surface area contributed by atoms with Gasteiger partial charge in [0, 0.05) is 17.8 Å². The van der Waals surface area contributed by atoms with Crippen LogP contribution >= 0.6 is 0 Å². The Labute approximate surface area is 155 Å². The van der Waals surface area contributed by atoms with Gasteiger partial charge in [-0.3, -0.25) is 14.7 Å². The van der Waals surface area contributed by atoms with Crippen LogP contribution in [0.15, 0.2) is 49.2 Å². The van der Waals surface area contributed by atoms with Gasteiger partial charge in [-0.1, -0.05) is 12.6 Å². The van der Waals surface area contributed by atoms with Crippen molar-refractivity contribution in [2.75, 3.05) is 5.32 Å². The number of nitrogens with one attached hydrogen (secondary N) is 3. The molecule has 138 valence electrons. The molecule has 3 aromatic rings. The van der Waals surface area contributed by atoms with Gasteiger partial charge >= 0.3 is 0 Å². The van der Waals surface area contributed by atoms with Crippen molar-refractivity contribution in [2.45, 2.75) is 19.9 Å². The highest BCUT2D eigenvalue weighted by atomic mass is 16.5. The first kappa shape index (κ1) is 18.1. The number of hydrogen-bond donors (Lipinski definition) is 3. The maximum atomic E-state index is 12.3. The molecule has 1 aromatic carbocycles. The summed E-state index contributed by atoms with van der Waals surface area (Å²) < 4.78 is 5.81. The van der Waals surface area contributed by atoms with Crippen LogP contribution in [-0.2, 0) is 4.79 Å². The number of pyridine rings is 1. The van der Waals surface area contributed by atoms with Gasteiger partial charge in [0.2, 0.25) is 5.91 Å². The molecule has 2 heterocycles. The van der Waals surface area contributed by atoms with Crippen molar-refractivity contribution in [3.05, 3.63) is 54.9 Å². The highest BCUT2D eigenvalue weighted by Gasteiger charge is 2.16. The van der Waals surface area contributed by atoms with Gasteiger partial charge in [-0.05, 0) is 38.1 Å². The van der Waals surface area contributed by atoms with Crippen molar-refractivity contribution >= 4 is 28.5 Å². The van der Waals surface area contributed by atoms with Crippen LogP contribution in [0.5, 0.6) is 11.5 Å². The number of nitrogens with zero attached hydrogens (tertiary/aromatic N) is 2. The van der Waals surface area contributed by atoms with E-state index in [1.54, 1.807) is 30.3 Å². The fourth-order valence-electron chi connectivity index (χ4n) is 2.41. The Morgan fingerprint density at radius 2 is 2.07 bits per heavy atom. The molecule has 0 spiro atoms. The second-order valence-corrected chi connectivity index (χ2v) is 6.09. The van der Waals surface area contributed by atoms with Crippen molar-refractivity contribution in [2.24, 2.45) is 0 Å². The second kappa shape index (κ2) is 7.69. The Hall–Kier alpha value is -3.68. The summed E-state index contributed by atoms with van der Waals surface area (Å²) in [6.45, 7) is 7.16.